The molecule has 0 amide bonds. The van der Waals surface area contributed by atoms with Crippen molar-refractivity contribution in [2.45, 2.75) is 40.3 Å². The SMILES string of the molecule is CCc1c(C)nn(CCNCc2cccnc2)c1C. The number of hydrogen-bond donors (Lipinski definition) is 1. The van der Waals surface area contributed by atoms with Crippen molar-refractivity contribution in [1.82, 2.24) is 20.1 Å². The van der Waals surface area contributed by atoms with Gasteiger partial charge >= 0.3 is 0 Å². The number of hydrogen-bond acceptors (Lipinski definition) is 3. The highest BCUT2D eigenvalue weighted by molar-refractivity contribution is 5.24. The molecule has 4 nitrogen and oxygen atoms in total. The minimum atomic E-state index is 0.855. The standard InChI is InChI=1S/C15H22N4/c1-4-15-12(2)18-19(13(15)3)9-8-17-11-14-6-5-7-16-10-14/h5-7,10,17H,4,8-9,11H2,1-3H3. The second-order valence-electron chi connectivity index (χ2n) is 4.76. The van der Waals surface area contributed by atoms with Crippen LogP contribution in [0.5, 0.6) is 0 Å². The Morgan fingerprint density at radius 2 is 2.16 bits per heavy atom. The van der Waals surface area contributed by atoms with Gasteiger partial charge in [-0.25, -0.2) is 0 Å². The summed E-state index contributed by atoms with van der Waals surface area (Å²) < 4.78 is 2.10. The zero-order valence-corrected chi connectivity index (χ0v) is 12.0. The van der Waals surface area contributed by atoms with Gasteiger partial charge in [0.15, 0.2) is 0 Å². The fourth-order valence-corrected chi connectivity index (χ4v) is 2.38. The van der Waals surface area contributed by atoms with Crippen LogP contribution in [0, 0.1) is 13.8 Å². The van der Waals surface area contributed by atoms with Crippen molar-refractivity contribution < 1.29 is 0 Å². The molecule has 2 heterocycles. The quantitative estimate of drug-likeness (QED) is 0.808. The zero-order valence-electron chi connectivity index (χ0n) is 12.0. The van der Waals surface area contributed by atoms with Gasteiger partial charge in [0, 0.05) is 31.2 Å². The van der Waals surface area contributed by atoms with Crippen molar-refractivity contribution in [2.24, 2.45) is 0 Å². The summed E-state index contributed by atoms with van der Waals surface area (Å²) in [5, 5.41) is 8.01. The number of aromatic nitrogens is 3. The Kier molecular flexibility index (Phi) is 4.68. The van der Waals surface area contributed by atoms with Gasteiger partial charge in [-0.1, -0.05) is 13.0 Å². The van der Waals surface area contributed by atoms with Crippen molar-refractivity contribution in [3.63, 3.8) is 0 Å². The molecule has 4 heteroatoms. The van der Waals surface area contributed by atoms with Gasteiger partial charge in [-0.05, 0) is 37.5 Å². The van der Waals surface area contributed by atoms with Crippen LogP contribution in [0.15, 0.2) is 24.5 Å². The molecule has 0 aliphatic rings. The largest absolute Gasteiger partial charge is 0.311 e. The first-order valence-electron chi connectivity index (χ1n) is 6.85. The number of pyridine rings is 1. The van der Waals surface area contributed by atoms with E-state index in [0.29, 0.717) is 0 Å². The molecule has 19 heavy (non-hydrogen) atoms. The Bertz CT molecular complexity index is 516. The summed E-state index contributed by atoms with van der Waals surface area (Å²) in [5.41, 5.74) is 5.05. The van der Waals surface area contributed by atoms with Gasteiger partial charge in [0.1, 0.15) is 0 Å². The second kappa shape index (κ2) is 6.48. The lowest BCUT2D eigenvalue weighted by molar-refractivity contribution is 0.541. The Morgan fingerprint density at radius 3 is 2.79 bits per heavy atom. The number of nitrogens with zero attached hydrogens (tertiary/aromatic N) is 3. The smallest absolute Gasteiger partial charge is 0.0628 e. The lowest BCUT2D eigenvalue weighted by Crippen LogP contribution is -2.20. The van der Waals surface area contributed by atoms with Crippen LogP contribution in [0.1, 0.15) is 29.4 Å². The third-order valence-corrected chi connectivity index (χ3v) is 3.44. The molecule has 0 aliphatic carbocycles. The van der Waals surface area contributed by atoms with E-state index in [1.807, 2.05) is 12.3 Å². The molecule has 0 fully saturated rings. The van der Waals surface area contributed by atoms with E-state index in [9.17, 15) is 0 Å². The molecule has 1 N–H and O–H groups in total. The monoisotopic (exact) mass is 258 g/mol. The summed E-state index contributed by atoms with van der Waals surface area (Å²) in [6.45, 7) is 9.11. The van der Waals surface area contributed by atoms with Crippen molar-refractivity contribution in [2.75, 3.05) is 6.54 Å². The highest BCUT2D eigenvalue weighted by Crippen LogP contribution is 2.12. The minimum Gasteiger partial charge on any atom is -0.311 e. The molecule has 2 aromatic heterocycles. The lowest BCUT2D eigenvalue weighted by Gasteiger charge is -2.07. The van der Waals surface area contributed by atoms with E-state index in [1.54, 1.807) is 6.20 Å². The van der Waals surface area contributed by atoms with Crippen molar-refractivity contribution in [3.05, 3.63) is 47.0 Å². The first-order chi connectivity index (χ1) is 9.22. The molecule has 0 bridgehead atoms. The molecule has 0 saturated heterocycles. The number of rotatable bonds is 6. The van der Waals surface area contributed by atoms with Crippen LogP contribution in [-0.2, 0) is 19.5 Å². The second-order valence-corrected chi connectivity index (χ2v) is 4.76. The molecule has 102 valence electrons. The highest BCUT2D eigenvalue weighted by atomic mass is 15.3. The predicted octanol–water partition coefficient (Wildman–Crippen LogP) is 2.25. The minimum absolute atomic E-state index is 0.855. The van der Waals surface area contributed by atoms with Crippen LogP contribution in [0.3, 0.4) is 0 Å². The third-order valence-electron chi connectivity index (χ3n) is 3.44. The molecule has 0 saturated carbocycles. The predicted molar refractivity (Wildman–Crippen MR) is 77.0 cm³/mol. The van der Waals surface area contributed by atoms with Crippen LogP contribution in [-0.4, -0.2) is 21.3 Å². The first kappa shape index (κ1) is 13.7. The van der Waals surface area contributed by atoms with Crippen LogP contribution < -0.4 is 5.32 Å². The number of nitrogens with one attached hydrogen (secondary N) is 1. The molecule has 2 rings (SSSR count). The van der Waals surface area contributed by atoms with Crippen molar-refractivity contribution in [1.29, 1.82) is 0 Å². The molecule has 0 atom stereocenters. The maximum atomic E-state index is 4.59. The van der Waals surface area contributed by atoms with Crippen molar-refractivity contribution >= 4 is 0 Å². The highest BCUT2D eigenvalue weighted by Gasteiger charge is 2.08. The van der Waals surface area contributed by atoms with Crippen LogP contribution >= 0.6 is 0 Å². The Labute approximate surface area is 114 Å². The Balaban J connectivity index is 1.83. The van der Waals surface area contributed by atoms with Gasteiger partial charge in [-0.2, -0.15) is 5.10 Å². The summed E-state index contributed by atoms with van der Waals surface area (Å²) in [6.07, 6.45) is 4.75. The summed E-state index contributed by atoms with van der Waals surface area (Å²) >= 11 is 0. The van der Waals surface area contributed by atoms with Gasteiger partial charge in [-0.3, -0.25) is 9.67 Å². The summed E-state index contributed by atoms with van der Waals surface area (Å²) in [7, 11) is 0. The maximum Gasteiger partial charge on any atom is 0.0628 e. The maximum absolute atomic E-state index is 4.59. The number of aryl methyl sites for hydroxylation is 1. The van der Waals surface area contributed by atoms with Gasteiger partial charge in [0.25, 0.3) is 0 Å². The Morgan fingerprint density at radius 1 is 1.32 bits per heavy atom. The van der Waals surface area contributed by atoms with E-state index in [0.717, 1.165) is 31.7 Å². The molecular weight excluding hydrogens is 236 g/mol. The summed E-state index contributed by atoms with van der Waals surface area (Å²) in [4.78, 5) is 4.10. The van der Waals surface area contributed by atoms with Gasteiger partial charge in [0.05, 0.1) is 12.2 Å². The van der Waals surface area contributed by atoms with Gasteiger partial charge < -0.3 is 5.32 Å². The summed E-state index contributed by atoms with van der Waals surface area (Å²) in [6, 6.07) is 4.05. The average molecular weight is 258 g/mol. The molecule has 0 aliphatic heterocycles. The van der Waals surface area contributed by atoms with E-state index in [4.69, 9.17) is 0 Å². The molecule has 2 aromatic rings. The van der Waals surface area contributed by atoms with Gasteiger partial charge in [0.2, 0.25) is 0 Å². The van der Waals surface area contributed by atoms with E-state index in [-0.39, 0.29) is 0 Å². The van der Waals surface area contributed by atoms with Gasteiger partial charge in [-0.15, -0.1) is 0 Å². The topological polar surface area (TPSA) is 42.7 Å². The average Bonchev–Trinajstić information content (AvgIpc) is 2.70. The van der Waals surface area contributed by atoms with Crippen LogP contribution in [0.2, 0.25) is 0 Å². The van der Waals surface area contributed by atoms with E-state index >= 15 is 0 Å². The van der Waals surface area contributed by atoms with E-state index in [2.05, 4.69) is 46.9 Å². The van der Waals surface area contributed by atoms with E-state index < -0.39 is 0 Å². The third kappa shape index (κ3) is 3.41. The fraction of sp³-hybridized carbons (Fsp3) is 0.467. The van der Waals surface area contributed by atoms with Crippen LogP contribution in [0.4, 0.5) is 0 Å². The van der Waals surface area contributed by atoms with E-state index in [1.165, 1.54) is 16.8 Å². The zero-order chi connectivity index (χ0) is 13.7. The molecule has 0 aromatic carbocycles. The first-order valence-corrected chi connectivity index (χ1v) is 6.85. The molecular formula is C15H22N4. The normalized spacial score (nSPS) is 10.9. The van der Waals surface area contributed by atoms with Crippen LogP contribution in [0.25, 0.3) is 0 Å². The summed E-state index contributed by atoms with van der Waals surface area (Å²) in [5.74, 6) is 0. The Hall–Kier alpha value is -1.68. The molecule has 0 unspecified atom stereocenters. The lowest BCUT2D eigenvalue weighted by atomic mass is 10.1. The fourth-order valence-electron chi connectivity index (χ4n) is 2.38. The van der Waals surface area contributed by atoms with Crippen molar-refractivity contribution in [3.8, 4) is 0 Å². The molecule has 0 radical (unpaired) electrons. The molecule has 0 spiro atoms.